The number of rotatable bonds is 3. The van der Waals surface area contributed by atoms with Crippen LogP contribution >= 0.6 is 15.9 Å². The van der Waals surface area contributed by atoms with Crippen molar-refractivity contribution in [1.29, 1.82) is 0 Å². The van der Waals surface area contributed by atoms with Gasteiger partial charge in [0.15, 0.2) is 6.29 Å². The van der Waals surface area contributed by atoms with Crippen LogP contribution in [-0.4, -0.2) is 16.2 Å². The second kappa shape index (κ2) is 4.39. The molecule has 15 heavy (non-hydrogen) atoms. The van der Waals surface area contributed by atoms with E-state index in [0.717, 1.165) is 0 Å². The summed E-state index contributed by atoms with van der Waals surface area (Å²) in [5, 5.41) is 10.4. The van der Waals surface area contributed by atoms with Crippen molar-refractivity contribution in [1.82, 2.24) is 4.98 Å². The minimum atomic E-state index is -3.11. The lowest BCUT2D eigenvalue weighted by Gasteiger charge is -2.05. The molecule has 0 N–H and O–H groups in total. The minimum Gasteiger partial charge on any atom is -0.298 e. The maximum Gasteiger partial charge on any atom is 0.297 e. The zero-order valence-electron chi connectivity index (χ0n) is 6.99. The van der Waals surface area contributed by atoms with Gasteiger partial charge >= 0.3 is 0 Å². The molecule has 1 rings (SSSR count). The van der Waals surface area contributed by atoms with Gasteiger partial charge in [-0.25, -0.2) is 13.8 Å². The number of pyridine rings is 1. The third-order valence-corrected chi connectivity index (χ3v) is 2.25. The summed E-state index contributed by atoms with van der Waals surface area (Å²) in [7, 11) is 0. The largest absolute Gasteiger partial charge is 0.298 e. The monoisotopic (exact) mass is 280 g/mol. The number of carbonyl (C=O) groups is 1. The van der Waals surface area contributed by atoms with Crippen LogP contribution in [0.15, 0.2) is 10.8 Å². The van der Waals surface area contributed by atoms with Crippen molar-refractivity contribution in [2.75, 3.05) is 0 Å². The molecule has 0 saturated heterocycles. The standard InChI is InChI=1S/C7H3BrF2N2O3/c8-6-3(2-13)5(7(9)10)4(1-11-6)12(14)15/h1-2,7H. The Morgan fingerprint density at radius 3 is 2.60 bits per heavy atom. The third-order valence-electron chi connectivity index (χ3n) is 1.62. The zero-order chi connectivity index (χ0) is 11.6. The molecule has 0 radical (unpaired) electrons. The Hall–Kier alpha value is -1.44. The number of aromatic nitrogens is 1. The first-order valence-corrected chi connectivity index (χ1v) is 4.34. The summed E-state index contributed by atoms with van der Waals surface area (Å²) in [5.74, 6) is 0. The molecular weight excluding hydrogens is 278 g/mol. The van der Waals surface area contributed by atoms with Crippen LogP contribution < -0.4 is 0 Å². The first-order chi connectivity index (χ1) is 6.99. The first kappa shape index (κ1) is 11.6. The Labute approximate surface area is 90.4 Å². The van der Waals surface area contributed by atoms with E-state index >= 15 is 0 Å². The van der Waals surface area contributed by atoms with Gasteiger partial charge < -0.3 is 0 Å². The van der Waals surface area contributed by atoms with E-state index < -0.39 is 28.2 Å². The van der Waals surface area contributed by atoms with Gasteiger partial charge in [-0.3, -0.25) is 14.9 Å². The lowest BCUT2D eigenvalue weighted by Crippen LogP contribution is -2.03. The van der Waals surface area contributed by atoms with Gasteiger partial charge in [0.2, 0.25) is 0 Å². The molecule has 0 spiro atoms. The molecule has 80 valence electrons. The molecule has 0 saturated carbocycles. The molecule has 1 heterocycles. The Morgan fingerprint density at radius 1 is 1.60 bits per heavy atom. The number of carbonyl (C=O) groups excluding carboxylic acids is 1. The number of alkyl halides is 2. The number of hydrogen-bond acceptors (Lipinski definition) is 4. The molecule has 8 heteroatoms. The van der Waals surface area contributed by atoms with Gasteiger partial charge in [0.1, 0.15) is 16.4 Å². The van der Waals surface area contributed by atoms with Crippen molar-refractivity contribution in [2.45, 2.75) is 6.43 Å². The quantitative estimate of drug-likeness (QED) is 0.369. The Balaban J connectivity index is 3.56. The normalized spacial score (nSPS) is 10.4. The lowest BCUT2D eigenvalue weighted by molar-refractivity contribution is -0.386. The molecule has 0 aromatic carbocycles. The van der Waals surface area contributed by atoms with Crippen LogP contribution in [0.1, 0.15) is 22.3 Å². The second-order valence-electron chi connectivity index (χ2n) is 2.44. The van der Waals surface area contributed by atoms with E-state index in [1.54, 1.807) is 0 Å². The van der Waals surface area contributed by atoms with E-state index in [2.05, 4.69) is 20.9 Å². The van der Waals surface area contributed by atoms with Crippen LogP contribution in [0, 0.1) is 10.1 Å². The summed E-state index contributed by atoms with van der Waals surface area (Å²) < 4.78 is 24.9. The zero-order valence-corrected chi connectivity index (χ0v) is 8.57. The number of halogens is 3. The van der Waals surface area contributed by atoms with E-state index in [4.69, 9.17) is 0 Å². The maximum atomic E-state index is 12.5. The molecule has 0 atom stereocenters. The van der Waals surface area contributed by atoms with Gasteiger partial charge in [0, 0.05) is 0 Å². The summed E-state index contributed by atoms with van der Waals surface area (Å²) in [6.45, 7) is 0. The molecule has 0 aliphatic heterocycles. The molecule has 5 nitrogen and oxygen atoms in total. The van der Waals surface area contributed by atoms with Gasteiger partial charge in [-0.2, -0.15) is 0 Å². The Morgan fingerprint density at radius 2 is 2.20 bits per heavy atom. The molecular formula is C7H3BrF2N2O3. The highest BCUT2D eigenvalue weighted by atomic mass is 79.9. The second-order valence-corrected chi connectivity index (χ2v) is 3.19. The number of hydrogen-bond donors (Lipinski definition) is 0. The average Bonchev–Trinajstić information content (AvgIpc) is 2.16. The van der Waals surface area contributed by atoms with Gasteiger partial charge in [-0.1, -0.05) is 0 Å². The van der Waals surface area contributed by atoms with Crippen molar-refractivity contribution in [3.8, 4) is 0 Å². The highest BCUT2D eigenvalue weighted by molar-refractivity contribution is 9.10. The van der Waals surface area contributed by atoms with Crippen LogP contribution in [0.5, 0.6) is 0 Å². The fourth-order valence-electron chi connectivity index (χ4n) is 0.993. The number of nitro groups is 1. The summed E-state index contributed by atoms with van der Waals surface area (Å²) in [6.07, 6.45) is -2.32. The van der Waals surface area contributed by atoms with E-state index in [1.807, 2.05) is 0 Å². The highest BCUT2D eigenvalue weighted by Crippen LogP contribution is 2.33. The minimum absolute atomic E-state index is 0.103. The average molecular weight is 281 g/mol. The van der Waals surface area contributed by atoms with Crippen molar-refractivity contribution in [3.05, 3.63) is 32.0 Å². The molecule has 0 aliphatic rings. The molecule has 1 aromatic heterocycles. The van der Waals surface area contributed by atoms with Gasteiger partial charge in [-0.05, 0) is 15.9 Å². The fourth-order valence-corrected chi connectivity index (χ4v) is 1.40. The molecule has 1 aromatic rings. The third kappa shape index (κ3) is 2.14. The van der Waals surface area contributed by atoms with Crippen molar-refractivity contribution in [2.24, 2.45) is 0 Å². The molecule has 0 unspecified atom stereocenters. The maximum absolute atomic E-state index is 12.5. The van der Waals surface area contributed by atoms with Crippen molar-refractivity contribution >= 4 is 27.9 Å². The fraction of sp³-hybridized carbons (Fsp3) is 0.143. The molecule has 0 bridgehead atoms. The van der Waals surface area contributed by atoms with E-state index in [1.165, 1.54) is 0 Å². The number of nitrogens with zero attached hydrogens (tertiary/aromatic N) is 2. The summed E-state index contributed by atoms with van der Waals surface area (Å²) in [5.41, 5.74) is -2.29. The Kier molecular flexibility index (Phi) is 3.40. The molecule has 0 aliphatic carbocycles. The Bertz CT molecular complexity index is 425. The lowest BCUT2D eigenvalue weighted by atomic mass is 10.1. The van der Waals surface area contributed by atoms with Gasteiger partial charge in [-0.15, -0.1) is 0 Å². The first-order valence-electron chi connectivity index (χ1n) is 3.55. The van der Waals surface area contributed by atoms with Crippen LogP contribution in [0.4, 0.5) is 14.5 Å². The highest BCUT2D eigenvalue weighted by Gasteiger charge is 2.27. The molecule has 0 fully saturated rings. The van der Waals surface area contributed by atoms with E-state index in [-0.39, 0.29) is 10.9 Å². The van der Waals surface area contributed by atoms with Gasteiger partial charge in [0.05, 0.1) is 10.5 Å². The summed E-state index contributed by atoms with van der Waals surface area (Å²) >= 11 is 2.76. The van der Waals surface area contributed by atoms with Crippen LogP contribution in [0.25, 0.3) is 0 Å². The summed E-state index contributed by atoms with van der Waals surface area (Å²) in [4.78, 5) is 23.3. The van der Waals surface area contributed by atoms with Crippen LogP contribution in [0.2, 0.25) is 0 Å². The van der Waals surface area contributed by atoms with E-state index in [0.29, 0.717) is 6.20 Å². The summed E-state index contributed by atoms with van der Waals surface area (Å²) in [6, 6.07) is 0. The van der Waals surface area contributed by atoms with Crippen LogP contribution in [0.3, 0.4) is 0 Å². The predicted octanol–water partition coefficient (Wildman–Crippen LogP) is 2.50. The SMILES string of the molecule is O=Cc1c(Br)ncc([N+](=O)[O-])c1C(F)F. The van der Waals surface area contributed by atoms with E-state index in [9.17, 15) is 23.7 Å². The van der Waals surface area contributed by atoms with Crippen molar-refractivity contribution in [3.63, 3.8) is 0 Å². The van der Waals surface area contributed by atoms with Gasteiger partial charge in [0.25, 0.3) is 12.1 Å². The smallest absolute Gasteiger partial charge is 0.297 e. The van der Waals surface area contributed by atoms with Crippen molar-refractivity contribution < 1.29 is 18.5 Å². The van der Waals surface area contributed by atoms with Crippen LogP contribution in [-0.2, 0) is 0 Å². The predicted molar refractivity (Wildman–Crippen MR) is 48.9 cm³/mol. The topological polar surface area (TPSA) is 73.1 Å². The molecule has 0 amide bonds. The number of aldehydes is 1.